The van der Waals surface area contributed by atoms with E-state index in [9.17, 15) is 4.79 Å². The fourth-order valence-electron chi connectivity index (χ4n) is 1.55. The second-order valence-corrected chi connectivity index (χ2v) is 3.74. The molecule has 3 heteroatoms. The average molecular weight is 228 g/mol. The van der Waals surface area contributed by atoms with Crippen LogP contribution in [0.25, 0.3) is 17.4 Å². The van der Waals surface area contributed by atoms with Crippen LogP contribution in [0.4, 0.5) is 0 Å². The minimum absolute atomic E-state index is 0.531. The van der Waals surface area contributed by atoms with E-state index >= 15 is 0 Å². The Morgan fingerprint density at radius 2 is 2.12 bits per heavy atom. The Morgan fingerprint density at radius 1 is 1.29 bits per heavy atom. The number of carboxylic acids is 1. The van der Waals surface area contributed by atoms with Crippen LogP contribution in [0.3, 0.4) is 0 Å². The predicted octanol–water partition coefficient (Wildman–Crippen LogP) is 3.35. The Balaban J connectivity index is 2.27. The topological polar surface area (TPSA) is 50.4 Å². The summed E-state index contributed by atoms with van der Waals surface area (Å²) in [6, 6.07) is 11.5. The van der Waals surface area contributed by atoms with Crippen molar-refractivity contribution >= 4 is 12.0 Å². The molecule has 1 N–H and O–H groups in total. The van der Waals surface area contributed by atoms with Gasteiger partial charge in [-0.25, -0.2) is 4.79 Å². The average Bonchev–Trinajstić information content (AvgIpc) is 2.75. The quantitative estimate of drug-likeness (QED) is 0.819. The number of benzene rings is 1. The van der Waals surface area contributed by atoms with Crippen LogP contribution in [0.2, 0.25) is 0 Å². The van der Waals surface area contributed by atoms with Crippen LogP contribution < -0.4 is 0 Å². The molecule has 0 aliphatic carbocycles. The number of furan rings is 1. The predicted molar refractivity (Wildman–Crippen MR) is 65.6 cm³/mol. The summed E-state index contributed by atoms with van der Waals surface area (Å²) in [6.45, 7) is 2.01. The lowest BCUT2D eigenvalue weighted by molar-refractivity contribution is -0.131. The van der Waals surface area contributed by atoms with Gasteiger partial charge in [0, 0.05) is 11.6 Å². The van der Waals surface area contributed by atoms with Crippen molar-refractivity contribution in [1.82, 2.24) is 0 Å². The molecule has 0 unspecified atom stereocenters. The van der Waals surface area contributed by atoms with Crippen molar-refractivity contribution in [3.8, 4) is 11.3 Å². The third-order valence-electron chi connectivity index (χ3n) is 2.32. The third-order valence-corrected chi connectivity index (χ3v) is 2.32. The molecule has 1 aromatic carbocycles. The molecule has 1 heterocycles. The summed E-state index contributed by atoms with van der Waals surface area (Å²) in [4.78, 5) is 10.4. The molecule has 1 aromatic heterocycles. The zero-order valence-corrected chi connectivity index (χ0v) is 9.38. The van der Waals surface area contributed by atoms with Crippen LogP contribution in [0.1, 0.15) is 11.3 Å². The van der Waals surface area contributed by atoms with Crippen molar-refractivity contribution < 1.29 is 14.3 Å². The van der Waals surface area contributed by atoms with Gasteiger partial charge in [0.05, 0.1) is 0 Å². The second kappa shape index (κ2) is 4.70. The molecule has 17 heavy (non-hydrogen) atoms. The largest absolute Gasteiger partial charge is 0.478 e. The lowest BCUT2D eigenvalue weighted by Gasteiger charge is -1.97. The van der Waals surface area contributed by atoms with Gasteiger partial charge in [-0.15, -0.1) is 0 Å². The molecule has 0 aliphatic rings. The summed E-state index contributed by atoms with van der Waals surface area (Å²) < 4.78 is 5.52. The highest BCUT2D eigenvalue weighted by atomic mass is 16.4. The highest BCUT2D eigenvalue weighted by Gasteiger charge is 2.03. The molecule has 0 atom stereocenters. The molecule has 3 nitrogen and oxygen atoms in total. The zero-order chi connectivity index (χ0) is 12.3. The highest BCUT2D eigenvalue weighted by molar-refractivity contribution is 5.84. The molecule has 0 saturated carbocycles. The molecule has 0 saturated heterocycles. The van der Waals surface area contributed by atoms with E-state index < -0.39 is 5.97 Å². The van der Waals surface area contributed by atoms with Crippen LogP contribution in [-0.4, -0.2) is 11.1 Å². The summed E-state index contributed by atoms with van der Waals surface area (Å²) >= 11 is 0. The summed E-state index contributed by atoms with van der Waals surface area (Å²) in [5.41, 5.74) is 2.14. The van der Waals surface area contributed by atoms with Crippen LogP contribution in [0.15, 0.2) is 46.9 Å². The lowest BCUT2D eigenvalue weighted by Crippen LogP contribution is -1.84. The van der Waals surface area contributed by atoms with Crippen LogP contribution in [0.5, 0.6) is 0 Å². The Kier molecular flexibility index (Phi) is 3.10. The minimum Gasteiger partial charge on any atom is -0.478 e. The van der Waals surface area contributed by atoms with Crippen molar-refractivity contribution in [2.75, 3.05) is 0 Å². The first kappa shape index (κ1) is 11.2. The fraction of sp³-hybridized carbons (Fsp3) is 0.0714. The highest BCUT2D eigenvalue weighted by Crippen LogP contribution is 2.23. The monoisotopic (exact) mass is 228 g/mol. The van der Waals surface area contributed by atoms with Crippen LogP contribution in [0, 0.1) is 6.92 Å². The first-order valence-corrected chi connectivity index (χ1v) is 5.23. The number of carboxylic acid groups (broad SMARTS) is 1. The maximum absolute atomic E-state index is 10.4. The number of rotatable bonds is 3. The van der Waals surface area contributed by atoms with Crippen LogP contribution >= 0.6 is 0 Å². The standard InChI is InChI=1S/C14H12O3/c1-10-3-2-4-11(9-10)13-7-5-12(17-13)6-8-14(15)16/h2-9H,1H3,(H,15,16)/b8-6+. The van der Waals surface area contributed by atoms with Gasteiger partial charge in [0.15, 0.2) is 0 Å². The number of hydrogen-bond acceptors (Lipinski definition) is 2. The zero-order valence-electron chi connectivity index (χ0n) is 9.38. The minimum atomic E-state index is -0.987. The molecular formula is C14H12O3. The van der Waals surface area contributed by atoms with Gasteiger partial charge in [0.2, 0.25) is 0 Å². The van der Waals surface area contributed by atoms with Crippen molar-refractivity contribution in [3.05, 3.63) is 53.8 Å². The normalized spacial score (nSPS) is 10.9. The van der Waals surface area contributed by atoms with Gasteiger partial charge in [-0.1, -0.05) is 23.8 Å². The molecule has 2 aromatic rings. The molecule has 0 bridgehead atoms. The Bertz CT molecular complexity index is 564. The molecule has 0 amide bonds. The van der Waals surface area contributed by atoms with E-state index in [0.29, 0.717) is 5.76 Å². The van der Waals surface area contributed by atoms with E-state index in [4.69, 9.17) is 9.52 Å². The van der Waals surface area contributed by atoms with Gasteiger partial charge >= 0.3 is 5.97 Å². The number of aliphatic carboxylic acids is 1. The Labute approximate surface area is 99.0 Å². The Morgan fingerprint density at radius 3 is 2.82 bits per heavy atom. The lowest BCUT2D eigenvalue weighted by atomic mass is 10.1. The molecule has 0 radical (unpaired) electrons. The molecular weight excluding hydrogens is 216 g/mol. The number of aryl methyl sites for hydroxylation is 1. The number of hydrogen-bond donors (Lipinski definition) is 1. The van der Waals surface area contributed by atoms with Gasteiger partial charge in [-0.2, -0.15) is 0 Å². The summed E-state index contributed by atoms with van der Waals surface area (Å²) in [6.07, 6.45) is 2.49. The Hall–Kier alpha value is -2.29. The number of carbonyl (C=O) groups is 1. The van der Waals surface area contributed by atoms with E-state index in [2.05, 4.69) is 0 Å². The van der Waals surface area contributed by atoms with Gasteiger partial charge in [0.1, 0.15) is 11.5 Å². The third kappa shape index (κ3) is 2.84. The molecule has 0 aliphatic heterocycles. The van der Waals surface area contributed by atoms with Gasteiger partial charge < -0.3 is 9.52 Å². The van der Waals surface area contributed by atoms with Crippen molar-refractivity contribution in [3.63, 3.8) is 0 Å². The second-order valence-electron chi connectivity index (χ2n) is 3.74. The van der Waals surface area contributed by atoms with Crippen molar-refractivity contribution in [2.45, 2.75) is 6.92 Å². The first-order valence-electron chi connectivity index (χ1n) is 5.23. The van der Waals surface area contributed by atoms with E-state index in [1.807, 2.05) is 37.3 Å². The van der Waals surface area contributed by atoms with Crippen molar-refractivity contribution in [2.24, 2.45) is 0 Å². The van der Waals surface area contributed by atoms with Crippen LogP contribution in [-0.2, 0) is 4.79 Å². The van der Waals surface area contributed by atoms with E-state index in [-0.39, 0.29) is 0 Å². The fourth-order valence-corrected chi connectivity index (χ4v) is 1.55. The summed E-state index contributed by atoms with van der Waals surface area (Å²) in [5.74, 6) is 0.279. The molecule has 0 spiro atoms. The van der Waals surface area contributed by atoms with Gasteiger partial charge in [-0.3, -0.25) is 0 Å². The molecule has 2 rings (SSSR count). The van der Waals surface area contributed by atoms with Gasteiger partial charge in [-0.05, 0) is 31.2 Å². The smallest absolute Gasteiger partial charge is 0.328 e. The maximum atomic E-state index is 10.4. The van der Waals surface area contributed by atoms with E-state index in [1.165, 1.54) is 6.08 Å². The maximum Gasteiger partial charge on any atom is 0.328 e. The van der Waals surface area contributed by atoms with Gasteiger partial charge in [0.25, 0.3) is 0 Å². The van der Waals surface area contributed by atoms with E-state index in [0.717, 1.165) is 23.0 Å². The first-order chi connectivity index (χ1) is 8.15. The summed E-state index contributed by atoms with van der Waals surface area (Å²) in [7, 11) is 0. The molecule has 0 fully saturated rings. The summed E-state index contributed by atoms with van der Waals surface area (Å²) in [5, 5.41) is 8.51. The van der Waals surface area contributed by atoms with E-state index in [1.54, 1.807) is 6.07 Å². The SMILES string of the molecule is Cc1cccc(-c2ccc(/C=C/C(=O)O)o2)c1. The molecule has 86 valence electrons. The van der Waals surface area contributed by atoms with Crippen molar-refractivity contribution in [1.29, 1.82) is 0 Å².